The Bertz CT molecular complexity index is 2110. The van der Waals surface area contributed by atoms with Crippen molar-refractivity contribution in [1.29, 1.82) is 0 Å². The summed E-state index contributed by atoms with van der Waals surface area (Å²) in [5, 5.41) is 16.4. The first-order chi connectivity index (χ1) is 30.3. The molecule has 8 rings (SSSR count). The third-order valence-electron chi connectivity index (χ3n) is 12.9. The van der Waals surface area contributed by atoms with Gasteiger partial charge in [0, 0.05) is 69.0 Å². The molecule has 330 valence electrons. The summed E-state index contributed by atoms with van der Waals surface area (Å²) in [5.74, 6) is 0.439. The van der Waals surface area contributed by atoms with Crippen LogP contribution in [-0.4, -0.2) is 131 Å². The molecule has 1 saturated carbocycles. The number of carbonyl (C=O) groups excluding carboxylic acids is 3. The molecule has 4 heterocycles. The van der Waals surface area contributed by atoms with Crippen LogP contribution >= 0.6 is 0 Å². The van der Waals surface area contributed by atoms with Crippen LogP contribution in [0, 0.1) is 0 Å². The number of imidazole rings is 1. The molecule has 4 aromatic rings. The maximum absolute atomic E-state index is 13.6. The first-order valence-corrected chi connectivity index (χ1v) is 22.5. The number of phenols is 1. The van der Waals surface area contributed by atoms with Gasteiger partial charge >= 0.3 is 0 Å². The second-order valence-corrected chi connectivity index (χ2v) is 17.1. The second kappa shape index (κ2) is 20.7. The molecule has 4 aliphatic rings. The lowest BCUT2D eigenvalue weighted by molar-refractivity contribution is -0.135. The number of hydrogen-bond donors (Lipinski definition) is 3. The van der Waals surface area contributed by atoms with Crippen LogP contribution in [0.2, 0.25) is 0 Å². The first kappa shape index (κ1) is 43.4. The quantitative estimate of drug-likeness (QED) is 0.0937. The molecule has 14 heteroatoms. The first-order valence-electron chi connectivity index (χ1n) is 22.5. The number of amides is 3. The average molecular weight is 848 g/mol. The van der Waals surface area contributed by atoms with Gasteiger partial charge in [-0.2, -0.15) is 0 Å². The van der Waals surface area contributed by atoms with Gasteiger partial charge in [0.2, 0.25) is 5.91 Å². The SMILES string of the molecule is O=C1COc2c(CCNCCN(C(=O)CCOCCc3cccc(CN4CCC5(CC4)CN(C(=O)c4ccc(-n6ccnc6)cc4)CCO5)c3)C3CCCCC3)ccc(O)c2N1. The fourth-order valence-corrected chi connectivity index (χ4v) is 9.41. The summed E-state index contributed by atoms with van der Waals surface area (Å²) in [6, 6.07) is 20.1. The van der Waals surface area contributed by atoms with Crippen molar-refractivity contribution in [1.82, 2.24) is 29.6 Å². The average Bonchev–Trinajstić information content (AvgIpc) is 3.85. The lowest BCUT2D eigenvalue weighted by Gasteiger charge is -2.47. The molecule has 3 N–H and O–H groups in total. The molecule has 3 amide bonds. The minimum absolute atomic E-state index is 0.00574. The van der Waals surface area contributed by atoms with E-state index in [-0.39, 0.29) is 41.7 Å². The second-order valence-electron chi connectivity index (χ2n) is 17.1. The molecular formula is C48H61N7O7. The molecule has 2 saturated heterocycles. The Morgan fingerprint density at radius 1 is 0.968 bits per heavy atom. The molecule has 1 aliphatic carbocycles. The van der Waals surface area contributed by atoms with Gasteiger partial charge in [-0.05, 0) is 92.1 Å². The fourth-order valence-electron chi connectivity index (χ4n) is 9.41. The van der Waals surface area contributed by atoms with Crippen LogP contribution in [0.3, 0.4) is 0 Å². The van der Waals surface area contributed by atoms with Crippen molar-refractivity contribution in [2.45, 2.75) is 82.4 Å². The van der Waals surface area contributed by atoms with Crippen molar-refractivity contribution < 1.29 is 33.7 Å². The van der Waals surface area contributed by atoms with Gasteiger partial charge in [-0.1, -0.05) is 49.6 Å². The van der Waals surface area contributed by atoms with E-state index in [1.807, 2.05) is 46.0 Å². The van der Waals surface area contributed by atoms with Gasteiger partial charge in [0.25, 0.3) is 11.8 Å². The maximum atomic E-state index is 13.6. The van der Waals surface area contributed by atoms with E-state index in [1.165, 1.54) is 17.5 Å². The molecule has 0 unspecified atom stereocenters. The van der Waals surface area contributed by atoms with Gasteiger partial charge in [0.15, 0.2) is 12.4 Å². The van der Waals surface area contributed by atoms with E-state index in [2.05, 4.69) is 49.7 Å². The van der Waals surface area contributed by atoms with E-state index in [0.717, 1.165) is 75.8 Å². The summed E-state index contributed by atoms with van der Waals surface area (Å²) in [7, 11) is 0. The number of ether oxygens (including phenoxy) is 3. The number of likely N-dealkylation sites (tertiary alicyclic amines) is 1. The van der Waals surface area contributed by atoms with E-state index in [4.69, 9.17) is 14.2 Å². The number of carbonyl (C=O) groups is 3. The van der Waals surface area contributed by atoms with E-state index >= 15 is 0 Å². The van der Waals surface area contributed by atoms with Gasteiger partial charge in [0.1, 0.15) is 11.4 Å². The monoisotopic (exact) mass is 847 g/mol. The predicted molar refractivity (Wildman–Crippen MR) is 236 cm³/mol. The zero-order valence-electron chi connectivity index (χ0n) is 35.8. The number of anilines is 1. The van der Waals surface area contributed by atoms with Crippen LogP contribution in [-0.2, 0) is 38.4 Å². The maximum Gasteiger partial charge on any atom is 0.262 e. The minimum Gasteiger partial charge on any atom is -0.506 e. The molecule has 3 aromatic carbocycles. The van der Waals surface area contributed by atoms with Gasteiger partial charge in [-0.3, -0.25) is 19.3 Å². The van der Waals surface area contributed by atoms with Crippen molar-refractivity contribution >= 4 is 23.4 Å². The Labute approximate surface area is 364 Å². The van der Waals surface area contributed by atoms with Crippen molar-refractivity contribution in [2.24, 2.45) is 0 Å². The van der Waals surface area contributed by atoms with E-state index < -0.39 is 0 Å². The van der Waals surface area contributed by atoms with Crippen LogP contribution in [0.1, 0.15) is 78.4 Å². The van der Waals surface area contributed by atoms with Crippen LogP contribution < -0.4 is 15.4 Å². The zero-order valence-corrected chi connectivity index (χ0v) is 35.8. The minimum atomic E-state index is -0.305. The van der Waals surface area contributed by atoms with E-state index in [0.29, 0.717) is 82.4 Å². The molecule has 1 spiro atoms. The highest BCUT2D eigenvalue weighted by Crippen LogP contribution is 2.39. The summed E-state index contributed by atoms with van der Waals surface area (Å²) >= 11 is 0. The van der Waals surface area contributed by atoms with Crippen molar-refractivity contribution in [3.05, 3.63) is 102 Å². The van der Waals surface area contributed by atoms with Gasteiger partial charge in [0.05, 0.1) is 44.7 Å². The van der Waals surface area contributed by atoms with Crippen molar-refractivity contribution in [3.63, 3.8) is 0 Å². The summed E-state index contributed by atoms with van der Waals surface area (Å²) in [6.07, 6.45) is 14.6. The van der Waals surface area contributed by atoms with Crippen LogP contribution in [0.15, 0.2) is 79.4 Å². The molecule has 3 aliphatic heterocycles. The molecule has 0 bridgehead atoms. The van der Waals surface area contributed by atoms with Crippen LogP contribution in [0.5, 0.6) is 11.5 Å². The summed E-state index contributed by atoms with van der Waals surface area (Å²) in [6.45, 7) is 7.35. The number of morpholine rings is 1. The molecule has 0 atom stereocenters. The number of aromatic nitrogens is 2. The largest absolute Gasteiger partial charge is 0.506 e. The Hall–Kier alpha value is -5.28. The highest BCUT2D eigenvalue weighted by molar-refractivity contribution is 5.97. The number of fused-ring (bicyclic) bond motifs is 1. The topological polar surface area (TPSA) is 151 Å². The number of phenolic OH excluding ortho intramolecular Hbond substituents is 1. The van der Waals surface area contributed by atoms with Crippen LogP contribution in [0.4, 0.5) is 5.69 Å². The summed E-state index contributed by atoms with van der Waals surface area (Å²) in [4.78, 5) is 49.5. The van der Waals surface area contributed by atoms with Gasteiger partial charge < -0.3 is 44.3 Å². The predicted octanol–water partition coefficient (Wildman–Crippen LogP) is 5.36. The van der Waals surface area contributed by atoms with Gasteiger partial charge in [-0.15, -0.1) is 0 Å². The molecule has 1 aromatic heterocycles. The highest BCUT2D eigenvalue weighted by Gasteiger charge is 2.41. The normalized spacial score (nSPS) is 17.9. The highest BCUT2D eigenvalue weighted by atomic mass is 16.5. The summed E-state index contributed by atoms with van der Waals surface area (Å²) in [5.41, 5.74) is 5.10. The molecule has 14 nitrogen and oxygen atoms in total. The summed E-state index contributed by atoms with van der Waals surface area (Å²) < 4.78 is 20.0. The lowest BCUT2D eigenvalue weighted by Crippen LogP contribution is -2.57. The number of aromatic hydroxyl groups is 1. The lowest BCUT2D eigenvalue weighted by atomic mass is 9.88. The number of nitrogens with zero attached hydrogens (tertiary/aromatic N) is 5. The number of piperidine rings is 1. The number of nitrogens with one attached hydrogen (secondary N) is 2. The Morgan fingerprint density at radius 3 is 2.60 bits per heavy atom. The Balaban J connectivity index is 0.741. The zero-order chi connectivity index (χ0) is 42.7. The third kappa shape index (κ3) is 11.0. The standard InChI is InChI=1S/C48H61N7O7/c56-42-14-11-38(46-45(42)51-43(57)33-61-46)15-20-49-22-26-55(41-7-2-1-3-8-41)44(58)17-29-60-28-16-36-5-4-6-37(31-36)32-52-23-18-48(19-24-52)34-53(27-30-62-48)47(59)39-9-12-40(13-10-39)54-25-21-50-35-54/h4-6,9-14,21,25,31,35,41,49,56H,1-3,7-8,15-20,22-24,26-30,32-34H2,(H,51,57). The number of hydrogen-bond acceptors (Lipinski definition) is 10. The van der Waals surface area contributed by atoms with E-state index in [9.17, 15) is 19.5 Å². The number of benzene rings is 3. The van der Waals surface area contributed by atoms with Crippen LogP contribution in [0.25, 0.3) is 5.69 Å². The van der Waals surface area contributed by atoms with Crippen molar-refractivity contribution in [2.75, 3.05) is 77.6 Å². The Morgan fingerprint density at radius 2 is 1.79 bits per heavy atom. The third-order valence-corrected chi connectivity index (χ3v) is 12.9. The van der Waals surface area contributed by atoms with E-state index in [1.54, 1.807) is 18.6 Å². The molecule has 0 radical (unpaired) electrons. The number of rotatable bonds is 17. The fraction of sp³-hybridized carbons (Fsp3) is 0.500. The molecule has 62 heavy (non-hydrogen) atoms. The molecule has 3 fully saturated rings. The molecular weight excluding hydrogens is 787 g/mol. The van der Waals surface area contributed by atoms with Crippen molar-refractivity contribution in [3.8, 4) is 17.2 Å². The van der Waals surface area contributed by atoms with Gasteiger partial charge in [-0.25, -0.2) is 4.98 Å². The Kier molecular flexibility index (Phi) is 14.5. The smallest absolute Gasteiger partial charge is 0.262 e.